The van der Waals surface area contributed by atoms with Crippen molar-refractivity contribution in [2.45, 2.75) is 13.8 Å². The quantitative estimate of drug-likeness (QED) is 0.478. The maximum absolute atomic E-state index is 10.7. The Morgan fingerprint density at radius 2 is 1.55 bits per heavy atom. The van der Waals surface area contributed by atoms with Crippen molar-refractivity contribution in [1.82, 2.24) is 0 Å². The lowest BCUT2D eigenvalue weighted by Crippen LogP contribution is -2.07. The summed E-state index contributed by atoms with van der Waals surface area (Å²) in [6.45, 7) is 2.26. The first-order valence-corrected chi connectivity index (χ1v) is 5.63. The summed E-state index contributed by atoms with van der Waals surface area (Å²) < 4.78 is 0. The third-order valence-corrected chi connectivity index (χ3v) is 1.88. The second-order valence-electron chi connectivity index (χ2n) is 3.69. The standard InChI is InChI=1S/C13H12O8.ClH/c1-8(14)18-20-11-5-3-10(4-6-13(16)17)7-12(11)21-19-9(2)15;/h3-7H,1-2H3,(H,16,17);1H. The lowest BCUT2D eigenvalue weighted by atomic mass is 10.2. The molecule has 0 aliphatic rings. The van der Waals surface area contributed by atoms with E-state index in [0.717, 1.165) is 19.9 Å². The van der Waals surface area contributed by atoms with Crippen LogP contribution in [0.5, 0.6) is 11.5 Å². The number of aliphatic carboxylic acids is 1. The lowest BCUT2D eigenvalue weighted by molar-refractivity contribution is -0.223. The average molecular weight is 333 g/mol. The highest BCUT2D eigenvalue weighted by atomic mass is 35.5. The minimum atomic E-state index is -1.13. The van der Waals surface area contributed by atoms with Gasteiger partial charge in [0.2, 0.25) is 11.5 Å². The van der Waals surface area contributed by atoms with Crippen LogP contribution in [-0.2, 0) is 24.2 Å². The van der Waals surface area contributed by atoms with Crippen LogP contribution in [0, 0.1) is 0 Å². The highest BCUT2D eigenvalue weighted by molar-refractivity contribution is 5.85. The van der Waals surface area contributed by atoms with Gasteiger partial charge in [-0.25, -0.2) is 14.4 Å². The number of carboxylic acid groups (broad SMARTS) is 1. The predicted molar refractivity (Wildman–Crippen MR) is 75.1 cm³/mol. The number of carbonyl (C=O) groups is 3. The van der Waals surface area contributed by atoms with E-state index in [9.17, 15) is 14.4 Å². The molecule has 0 atom stereocenters. The van der Waals surface area contributed by atoms with Crippen molar-refractivity contribution < 1.29 is 39.0 Å². The molecule has 1 rings (SSSR count). The molecule has 1 aromatic carbocycles. The molecule has 0 amide bonds. The smallest absolute Gasteiger partial charge is 0.352 e. The Bertz CT molecular complexity index is 581. The molecule has 0 heterocycles. The molecule has 22 heavy (non-hydrogen) atoms. The van der Waals surface area contributed by atoms with Crippen LogP contribution < -0.4 is 9.78 Å². The van der Waals surface area contributed by atoms with E-state index in [0.29, 0.717) is 5.56 Å². The van der Waals surface area contributed by atoms with E-state index in [2.05, 4.69) is 9.78 Å². The summed E-state index contributed by atoms with van der Waals surface area (Å²) in [6.07, 6.45) is 2.20. The van der Waals surface area contributed by atoms with Crippen molar-refractivity contribution >= 4 is 36.4 Å². The van der Waals surface area contributed by atoms with Crippen molar-refractivity contribution in [3.05, 3.63) is 29.8 Å². The zero-order chi connectivity index (χ0) is 15.8. The Morgan fingerprint density at radius 3 is 2.05 bits per heavy atom. The van der Waals surface area contributed by atoms with Crippen molar-refractivity contribution in [3.63, 3.8) is 0 Å². The molecule has 0 aromatic heterocycles. The molecule has 0 fully saturated rings. The largest absolute Gasteiger partial charge is 0.478 e. The summed E-state index contributed by atoms with van der Waals surface area (Å²) in [7, 11) is 0. The molecule has 9 heteroatoms. The number of hydrogen-bond acceptors (Lipinski definition) is 7. The van der Waals surface area contributed by atoms with Gasteiger partial charge in [-0.3, -0.25) is 19.6 Å². The van der Waals surface area contributed by atoms with Crippen molar-refractivity contribution in [2.75, 3.05) is 0 Å². The lowest BCUT2D eigenvalue weighted by Gasteiger charge is -2.09. The maximum Gasteiger partial charge on any atom is 0.352 e. The highest BCUT2D eigenvalue weighted by Gasteiger charge is 2.11. The molecule has 1 aromatic rings. The SMILES string of the molecule is CC(=O)OOc1ccc(C=CC(=O)O)cc1OOC(C)=O.Cl. The van der Waals surface area contributed by atoms with Gasteiger partial charge in [-0.15, -0.1) is 12.4 Å². The van der Waals surface area contributed by atoms with Crippen LogP contribution in [0.4, 0.5) is 0 Å². The zero-order valence-electron chi connectivity index (χ0n) is 11.6. The molecule has 1 N–H and O–H groups in total. The van der Waals surface area contributed by atoms with Crippen LogP contribution in [0.1, 0.15) is 19.4 Å². The van der Waals surface area contributed by atoms with Crippen LogP contribution in [0.3, 0.4) is 0 Å². The second kappa shape index (κ2) is 9.24. The van der Waals surface area contributed by atoms with E-state index in [1.807, 2.05) is 0 Å². The Balaban J connectivity index is 0.00000441. The fraction of sp³-hybridized carbons (Fsp3) is 0.154. The van der Waals surface area contributed by atoms with Crippen LogP contribution in [-0.4, -0.2) is 23.0 Å². The van der Waals surface area contributed by atoms with Crippen LogP contribution in [0.25, 0.3) is 6.08 Å². The van der Waals surface area contributed by atoms with E-state index >= 15 is 0 Å². The summed E-state index contributed by atoms with van der Waals surface area (Å²) in [5.74, 6) is -2.63. The molecular formula is C13H13ClO8. The summed E-state index contributed by atoms with van der Waals surface area (Å²) in [5, 5.41) is 8.55. The van der Waals surface area contributed by atoms with E-state index in [-0.39, 0.29) is 23.9 Å². The molecule has 0 bridgehead atoms. The number of benzene rings is 1. The van der Waals surface area contributed by atoms with Gasteiger partial charge in [-0.2, -0.15) is 0 Å². The van der Waals surface area contributed by atoms with Gasteiger partial charge in [-0.1, -0.05) is 6.07 Å². The molecule has 0 aliphatic heterocycles. The molecule has 0 spiro atoms. The van der Waals surface area contributed by atoms with Crippen LogP contribution in [0.15, 0.2) is 24.3 Å². The van der Waals surface area contributed by atoms with Gasteiger partial charge in [0, 0.05) is 19.9 Å². The minimum Gasteiger partial charge on any atom is -0.478 e. The molecule has 0 saturated carbocycles. The maximum atomic E-state index is 10.7. The van der Waals surface area contributed by atoms with Crippen molar-refractivity contribution in [2.24, 2.45) is 0 Å². The predicted octanol–water partition coefficient (Wildman–Crippen LogP) is 1.92. The summed E-state index contributed by atoms with van der Waals surface area (Å²) in [6, 6.07) is 4.17. The zero-order valence-corrected chi connectivity index (χ0v) is 12.4. The Morgan fingerprint density at radius 1 is 1.00 bits per heavy atom. The molecule has 0 aliphatic carbocycles. The van der Waals surface area contributed by atoms with Gasteiger partial charge in [0.25, 0.3) is 0 Å². The molecule has 0 saturated heterocycles. The summed E-state index contributed by atoms with van der Waals surface area (Å²) in [4.78, 5) is 50.0. The summed E-state index contributed by atoms with van der Waals surface area (Å²) >= 11 is 0. The first-order chi connectivity index (χ1) is 9.88. The molecule has 0 unspecified atom stereocenters. The minimum absolute atomic E-state index is 0. The van der Waals surface area contributed by atoms with Gasteiger partial charge in [0.05, 0.1) is 0 Å². The first-order valence-electron chi connectivity index (χ1n) is 5.63. The number of carbonyl (C=O) groups excluding carboxylic acids is 2. The van der Waals surface area contributed by atoms with Crippen LogP contribution >= 0.6 is 12.4 Å². The van der Waals surface area contributed by atoms with E-state index in [4.69, 9.17) is 14.9 Å². The third kappa shape index (κ3) is 7.15. The third-order valence-electron chi connectivity index (χ3n) is 1.88. The monoisotopic (exact) mass is 332 g/mol. The summed E-state index contributed by atoms with van der Waals surface area (Å²) in [5.41, 5.74) is 0.440. The van der Waals surface area contributed by atoms with Crippen molar-refractivity contribution in [3.8, 4) is 11.5 Å². The molecule has 120 valence electrons. The Kier molecular flexibility index (Phi) is 8.09. The normalized spacial score (nSPS) is 9.55. The molecule has 0 radical (unpaired) electrons. The van der Waals surface area contributed by atoms with Crippen LogP contribution in [0.2, 0.25) is 0 Å². The van der Waals surface area contributed by atoms with Gasteiger partial charge in [0.15, 0.2) is 0 Å². The molecular weight excluding hydrogens is 320 g/mol. The van der Waals surface area contributed by atoms with Gasteiger partial charge < -0.3 is 5.11 Å². The van der Waals surface area contributed by atoms with E-state index < -0.39 is 17.9 Å². The number of hydrogen-bond donors (Lipinski definition) is 1. The topological polar surface area (TPSA) is 108 Å². The number of halogens is 1. The molecule has 8 nitrogen and oxygen atoms in total. The van der Waals surface area contributed by atoms with Gasteiger partial charge in [-0.05, 0) is 23.8 Å². The average Bonchev–Trinajstić information content (AvgIpc) is 2.41. The fourth-order valence-corrected chi connectivity index (χ4v) is 1.14. The Hall–Kier alpha value is -2.74. The number of rotatable bonds is 6. The Labute approximate surface area is 131 Å². The van der Waals surface area contributed by atoms with E-state index in [1.54, 1.807) is 0 Å². The van der Waals surface area contributed by atoms with Crippen molar-refractivity contribution in [1.29, 1.82) is 0 Å². The second-order valence-corrected chi connectivity index (χ2v) is 3.69. The fourth-order valence-electron chi connectivity index (χ4n) is 1.14. The first kappa shape index (κ1) is 19.3. The van der Waals surface area contributed by atoms with Gasteiger partial charge >= 0.3 is 17.9 Å². The number of carboxylic acids is 1. The van der Waals surface area contributed by atoms with E-state index in [1.165, 1.54) is 24.3 Å². The van der Waals surface area contributed by atoms with Gasteiger partial charge in [0.1, 0.15) is 0 Å². The highest BCUT2D eigenvalue weighted by Crippen LogP contribution is 2.29.